The third-order valence-electron chi connectivity index (χ3n) is 13.6. The molecule has 0 amide bonds. The minimum absolute atomic E-state index is 0.0238. The standard InChI is InChI=1S/C29H34O11/c1-23-10-18-25(3)29-19(23)20(31)28(40-29,36-11-15(23)21(32)37-18)14-8-17-27(38-17)9-12(35-4)7-16(30)24(27,2)13(14)5-6-26(29,34)22(33)39-25/h12-15,17-19,34H,5-11H2,1-4H3/t12-,13+,14-,15+,17-,18-,19+,23-,24+,25+,26?,27-,28+,29+/m1/s1. The van der Waals surface area contributed by atoms with Gasteiger partial charge in [0.05, 0.1) is 36.1 Å². The molecule has 0 aromatic heterocycles. The van der Waals surface area contributed by atoms with Crippen molar-refractivity contribution in [1.29, 1.82) is 0 Å². The summed E-state index contributed by atoms with van der Waals surface area (Å²) >= 11 is 0. The van der Waals surface area contributed by atoms with E-state index in [2.05, 4.69) is 0 Å². The van der Waals surface area contributed by atoms with E-state index in [4.69, 9.17) is 28.4 Å². The molecule has 0 radical (unpaired) electrons. The van der Waals surface area contributed by atoms with Gasteiger partial charge in [-0.25, -0.2) is 4.79 Å². The van der Waals surface area contributed by atoms with Crippen molar-refractivity contribution in [3.63, 3.8) is 0 Å². The molecule has 1 unspecified atom stereocenters. The molecule has 1 N–H and O–H groups in total. The van der Waals surface area contributed by atoms with Crippen LogP contribution in [0, 0.1) is 34.5 Å². The van der Waals surface area contributed by atoms with Gasteiger partial charge in [-0.05, 0) is 50.9 Å². The summed E-state index contributed by atoms with van der Waals surface area (Å²) in [6.07, 6.45) is 0.203. The molecule has 6 saturated heterocycles. The van der Waals surface area contributed by atoms with Crippen LogP contribution in [-0.4, -0.2) is 88.8 Å². The molecule has 0 aromatic rings. The summed E-state index contributed by atoms with van der Waals surface area (Å²) in [4.78, 5) is 56.2. The molecule has 14 atom stereocenters. The Balaban J connectivity index is 1.30. The number of Topliss-reactive ketones (excluding diaryl/α,β-unsaturated/α-hetero) is 2. The van der Waals surface area contributed by atoms with Crippen molar-refractivity contribution in [2.24, 2.45) is 34.5 Å². The second kappa shape index (κ2) is 6.51. The molecule has 40 heavy (non-hydrogen) atoms. The minimum atomic E-state index is -2.21. The number of rotatable bonds is 1. The predicted molar refractivity (Wildman–Crippen MR) is 128 cm³/mol. The summed E-state index contributed by atoms with van der Waals surface area (Å²) in [5.74, 6) is -6.57. The quantitative estimate of drug-likeness (QED) is 0.357. The maximum absolute atomic E-state index is 15.0. The lowest BCUT2D eigenvalue weighted by Gasteiger charge is -2.63. The molecule has 6 heterocycles. The van der Waals surface area contributed by atoms with Crippen LogP contribution in [0.1, 0.15) is 59.3 Å². The topological polar surface area (TPSA) is 147 Å². The summed E-state index contributed by atoms with van der Waals surface area (Å²) < 4.78 is 37.4. The van der Waals surface area contributed by atoms with E-state index in [0.717, 1.165) is 0 Å². The third kappa shape index (κ3) is 2.05. The Hall–Kier alpha value is -1.92. The molecule has 5 bridgehead atoms. The van der Waals surface area contributed by atoms with Gasteiger partial charge in [-0.3, -0.25) is 14.4 Å². The number of esters is 2. The molecule has 216 valence electrons. The zero-order valence-corrected chi connectivity index (χ0v) is 23.0. The number of epoxide rings is 1. The highest BCUT2D eigenvalue weighted by molar-refractivity contribution is 5.99. The Kier molecular flexibility index (Phi) is 4.02. The van der Waals surface area contributed by atoms with Crippen LogP contribution in [0.4, 0.5) is 0 Å². The molecule has 9 rings (SSSR count). The van der Waals surface area contributed by atoms with Crippen molar-refractivity contribution in [3.05, 3.63) is 0 Å². The Labute approximate surface area is 230 Å². The van der Waals surface area contributed by atoms with E-state index in [1.807, 2.05) is 13.8 Å². The Morgan fingerprint density at radius 3 is 2.55 bits per heavy atom. The molecule has 3 aliphatic carbocycles. The molecule has 0 aromatic carbocycles. The highest BCUT2D eigenvalue weighted by Gasteiger charge is 2.94. The molecular weight excluding hydrogens is 524 g/mol. The van der Waals surface area contributed by atoms with Gasteiger partial charge < -0.3 is 33.5 Å². The number of hydrogen-bond acceptors (Lipinski definition) is 11. The fourth-order valence-electron chi connectivity index (χ4n) is 11.5. The zero-order valence-electron chi connectivity index (χ0n) is 23.0. The molecular formula is C29H34O11. The monoisotopic (exact) mass is 558 g/mol. The third-order valence-corrected chi connectivity index (χ3v) is 13.6. The van der Waals surface area contributed by atoms with Crippen LogP contribution in [0.25, 0.3) is 0 Å². The Morgan fingerprint density at radius 2 is 1.80 bits per heavy atom. The van der Waals surface area contributed by atoms with Crippen molar-refractivity contribution < 1.29 is 52.7 Å². The first-order valence-corrected chi connectivity index (χ1v) is 14.6. The number of hydrogen-bond donors (Lipinski definition) is 1. The zero-order chi connectivity index (χ0) is 28.0. The number of fused-ring (bicyclic) bond motifs is 4. The molecule has 6 aliphatic heterocycles. The van der Waals surface area contributed by atoms with Gasteiger partial charge in [0.1, 0.15) is 17.5 Å². The average Bonchev–Trinajstić information content (AvgIpc) is 3.49. The maximum Gasteiger partial charge on any atom is 0.342 e. The number of methoxy groups -OCH3 is 1. The van der Waals surface area contributed by atoms with Crippen LogP contribution in [-0.2, 0) is 47.6 Å². The maximum atomic E-state index is 15.0. The van der Waals surface area contributed by atoms with Crippen molar-refractivity contribution in [3.8, 4) is 0 Å². The lowest BCUT2D eigenvalue weighted by atomic mass is 9.46. The number of ether oxygens (including phenoxy) is 6. The Bertz CT molecular complexity index is 1350. The number of carbonyl (C=O) groups is 4. The second-order valence-corrected chi connectivity index (χ2v) is 14.5. The summed E-state index contributed by atoms with van der Waals surface area (Å²) in [6, 6.07) is 0. The molecule has 11 heteroatoms. The predicted octanol–water partition coefficient (Wildman–Crippen LogP) is 0.617. The van der Waals surface area contributed by atoms with Gasteiger partial charge in [-0.1, -0.05) is 6.92 Å². The minimum Gasteiger partial charge on any atom is -0.458 e. The van der Waals surface area contributed by atoms with Crippen LogP contribution < -0.4 is 0 Å². The van der Waals surface area contributed by atoms with Gasteiger partial charge in [-0.2, -0.15) is 0 Å². The molecule has 3 spiro atoms. The van der Waals surface area contributed by atoms with Crippen LogP contribution in [0.5, 0.6) is 0 Å². The first kappa shape index (κ1) is 24.7. The summed E-state index contributed by atoms with van der Waals surface area (Å²) in [6.45, 7) is 5.28. The molecule has 3 saturated carbocycles. The number of ketones is 2. The summed E-state index contributed by atoms with van der Waals surface area (Å²) in [5.41, 5.74) is -8.36. The summed E-state index contributed by atoms with van der Waals surface area (Å²) in [5, 5.41) is 12.5. The van der Waals surface area contributed by atoms with Crippen molar-refractivity contribution in [2.45, 2.75) is 106 Å². The second-order valence-electron chi connectivity index (χ2n) is 14.5. The first-order chi connectivity index (χ1) is 18.8. The molecule has 9 fully saturated rings. The lowest BCUT2D eigenvalue weighted by molar-refractivity contribution is -0.376. The van der Waals surface area contributed by atoms with E-state index >= 15 is 4.79 Å². The normalized spacial score (nSPS) is 63.8. The van der Waals surface area contributed by atoms with Crippen LogP contribution in [0.15, 0.2) is 0 Å². The average molecular weight is 559 g/mol. The van der Waals surface area contributed by atoms with Crippen LogP contribution in [0.2, 0.25) is 0 Å². The van der Waals surface area contributed by atoms with E-state index in [9.17, 15) is 19.5 Å². The fourth-order valence-corrected chi connectivity index (χ4v) is 11.5. The lowest BCUT2D eigenvalue weighted by Crippen LogP contribution is -2.79. The van der Waals surface area contributed by atoms with Crippen molar-refractivity contribution in [2.75, 3.05) is 13.7 Å². The molecule has 11 nitrogen and oxygen atoms in total. The van der Waals surface area contributed by atoms with E-state index in [1.165, 1.54) is 0 Å². The van der Waals surface area contributed by atoms with Gasteiger partial charge in [0.25, 0.3) is 0 Å². The van der Waals surface area contributed by atoms with Crippen molar-refractivity contribution in [1.82, 2.24) is 0 Å². The highest BCUT2D eigenvalue weighted by Crippen LogP contribution is 2.77. The van der Waals surface area contributed by atoms with Gasteiger partial charge in [-0.15, -0.1) is 0 Å². The van der Waals surface area contributed by atoms with E-state index in [-0.39, 0.29) is 56.1 Å². The molecule has 9 aliphatic rings. The largest absolute Gasteiger partial charge is 0.458 e. The van der Waals surface area contributed by atoms with Gasteiger partial charge in [0.2, 0.25) is 5.79 Å². The summed E-state index contributed by atoms with van der Waals surface area (Å²) in [7, 11) is 1.59. The van der Waals surface area contributed by atoms with Crippen molar-refractivity contribution >= 4 is 23.5 Å². The highest BCUT2D eigenvalue weighted by atomic mass is 16.8. The van der Waals surface area contributed by atoms with Crippen LogP contribution in [0.3, 0.4) is 0 Å². The SMILES string of the molecule is CO[C@@H]1CC(=O)[C@]2(C)[C@H]3CCC4(O)C(=O)O[C@@]5(C)[C@H]6C[C@]7(C)[C@@H](CO[C@]8(O[C@]45[C@H]7C8=O)[C@@H]3C[C@H]3O[C@]32C1)C(=O)O6. The Morgan fingerprint density at radius 1 is 1.02 bits per heavy atom. The first-order valence-electron chi connectivity index (χ1n) is 14.6. The van der Waals surface area contributed by atoms with Gasteiger partial charge >= 0.3 is 11.9 Å². The van der Waals surface area contributed by atoms with Crippen LogP contribution >= 0.6 is 0 Å². The van der Waals surface area contributed by atoms with E-state index in [1.54, 1.807) is 14.0 Å². The smallest absolute Gasteiger partial charge is 0.342 e. The fraction of sp³-hybridized carbons (Fsp3) is 0.862. The number of aliphatic hydroxyl groups is 1. The van der Waals surface area contributed by atoms with Gasteiger partial charge in [0, 0.05) is 25.9 Å². The van der Waals surface area contributed by atoms with E-state index < -0.39 is 80.7 Å². The van der Waals surface area contributed by atoms with Gasteiger partial charge in [0.15, 0.2) is 22.6 Å². The number of carbonyl (C=O) groups excluding carboxylic acids is 4. The van der Waals surface area contributed by atoms with E-state index in [0.29, 0.717) is 12.8 Å².